The molecule has 0 radical (unpaired) electrons. The van der Waals surface area contributed by atoms with E-state index in [0.29, 0.717) is 0 Å². The predicted octanol–water partition coefficient (Wildman–Crippen LogP) is 7.29. The van der Waals surface area contributed by atoms with Crippen LogP contribution in [0.1, 0.15) is 67.3 Å². The van der Waals surface area contributed by atoms with Gasteiger partial charge in [-0.05, 0) is 72.1 Å². The molecule has 0 aliphatic rings. The predicted molar refractivity (Wildman–Crippen MR) is 124 cm³/mol. The number of Topliss-reactive ketones (excluding diaryl/α,β-unsaturated/α-hetero) is 1. The van der Waals surface area contributed by atoms with Crippen molar-refractivity contribution >= 4 is 5.78 Å². The highest BCUT2D eigenvalue weighted by molar-refractivity contribution is 5.87. The minimum absolute atomic E-state index is 0.186. The Labute approximate surface area is 175 Å². The maximum absolute atomic E-state index is 12.5. The van der Waals surface area contributed by atoms with Gasteiger partial charge in [0.25, 0.3) is 0 Å². The lowest BCUT2D eigenvalue weighted by Gasteiger charge is -2.18. The molecule has 0 bridgehead atoms. The summed E-state index contributed by atoms with van der Waals surface area (Å²) in [7, 11) is 0. The number of rotatable bonds is 8. The van der Waals surface area contributed by atoms with Crippen molar-refractivity contribution in [2.45, 2.75) is 59.3 Å². The standard InChI is InChI=1S/C28H32O/c1-5-7-8-23-11-15-25(16-12-23)28(21(4)29)26-17-18-27(20(3)19-26)24-13-9-22(6-2)10-14-24/h9-19,28H,5-8H2,1-4H3. The summed E-state index contributed by atoms with van der Waals surface area (Å²) < 4.78 is 0. The fraction of sp³-hybridized carbons (Fsp3) is 0.321. The smallest absolute Gasteiger partial charge is 0.141 e. The van der Waals surface area contributed by atoms with Crippen LogP contribution < -0.4 is 0 Å². The van der Waals surface area contributed by atoms with Gasteiger partial charge in [-0.3, -0.25) is 4.79 Å². The van der Waals surface area contributed by atoms with Gasteiger partial charge in [0, 0.05) is 0 Å². The van der Waals surface area contributed by atoms with Crippen molar-refractivity contribution in [3.63, 3.8) is 0 Å². The Morgan fingerprint density at radius 3 is 2.00 bits per heavy atom. The van der Waals surface area contributed by atoms with Crippen LogP contribution in [-0.2, 0) is 17.6 Å². The third-order valence-electron chi connectivity index (χ3n) is 5.80. The van der Waals surface area contributed by atoms with Crippen molar-refractivity contribution < 1.29 is 4.79 Å². The van der Waals surface area contributed by atoms with Gasteiger partial charge in [0.15, 0.2) is 0 Å². The summed E-state index contributed by atoms with van der Waals surface area (Å²) in [6.07, 6.45) is 4.56. The fourth-order valence-electron chi connectivity index (χ4n) is 4.03. The molecule has 3 aromatic carbocycles. The van der Waals surface area contributed by atoms with Crippen molar-refractivity contribution in [1.29, 1.82) is 0 Å². The third-order valence-corrected chi connectivity index (χ3v) is 5.80. The number of carbonyl (C=O) groups is 1. The van der Waals surface area contributed by atoms with E-state index in [1.165, 1.54) is 40.7 Å². The SMILES string of the molecule is CCCCc1ccc(C(C(C)=O)c2ccc(-c3ccc(CC)cc3)c(C)c2)cc1. The molecule has 0 saturated heterocycles. The molecule has 1 atom stereocenters. The van der Waals surface area contributed by atoms with Crippen molar-refractivity contribution in [3.05, 3.63) is 94.5 Å². The zero-order valence-corrected chi connectivity index (χ0v) is 18.2. The molecular formula is C28H32O. The van der Waals surface area contributed by atoms with Crippen LogP contribution in [0.4, 0.5) is 0 Å². The molecule has 3 aromatic rings. The molecule has 1 heteroatoms. The Bertz CT molecular complexity index is 949. The zero-order chi connectivity index (χ0) is 20.8. The molecule has 150 valence electrons. The molecule has 3 rings (SSSR count). The molecule has 29 heavy (non-hydrogen) atoms. The number of carbonyl (C=O) groups excluding carboxylic acids is 1. The van der Waals surface area contributed by atoms with Gasteiger partial charge in [-0.1, -0.05) is 87.0 Å². The summed E-state index contributed by atoms with van der Waals surface area (Å²) in [5, 5.41) is 0. The Kier molecular flexibility index (Phi) is 7.04. The molecule has 0 aliphatic carbocycles. The molecule has 0 saturated carbocycles. The Morgan fingerprint density at radius 2 is 1.45 bits per heavy atom. The first-order valence-electron chi connectivity index (χ1n) is 10.8. The van der Waals surface area contributed by atoms with E-state index in [9.17, 15) is 4.79 Å². The van der Waals surface area contributed by atoms with Gasteiger partial charge in [0.1, 0.15) is 5.78 Å². The summed E-state index contributed by atoms with van der Waals surface area (Å²) >= 11 is 0. The first-order chi connectivity index (χ1) is 14.0. The normalized spacial score (nSPS) is 12.0. The lowest BCUT2D eigenvalue weighted by Crippen LogP contribution is -2.11. The number of ketones is 1. The first kappa shape index (κ1) is 21.0. The number of hydrogen-bond donors (Lipinski definition) is 0. The lowest BCUT2D eigenvalue weighted by molar-refractivity contribution is -0.117. The molecule has 0 amide bonds. The van der Waals surface area contributed by atoms with Gasteiger partial charge < -0.3 is 0 Å². The molecule has 0 heterocycles. The zero-order valence-electron chi connectivity index (χ0n) is 18.2. The van der Waals surface area contributed by atoms with Gasteiger partial charge in [0.2, 0.25) is 0 Å². The maximum atomic E-state index is 12.5. The largest absolute Gasteiger partial charge is 0.299 e. The van der Waals surface area contributed by atoms with Crippen LogP contribution >= 0.6 is 0 Å². The van der Waals surface area contributed by atoms with Crippen LogP contribution in [-0.4, -0.2) is 5.78 Å². The summed E-state index contributed by atoms with van der Waals surface area (Å²) in [6, 6.07) is 23.9. The topological polar surface area (TPSA) is 17.1 Å². The molecule has 1 nitrogen and oxygen atoms in total. The molecule has 0 aromatic heterocycles. The van der Waals surface area contributed by atoms with Crippen LogP contribution in [0.25, 0.3) is 11.1 Å². The Morgan fingerprint density at radius 1 is 0.828 bits per heavy atom. The molecule has 0 aliphatic heterocycles. The van der Waals surface area contributed by atoms with Crippen LogP contribution in [0.3, 0.4) is 0 Å². The Balaban J connectivity index is 1.89. The first-order valence-corrected chi connectivity index (χ1v) is 10.8. The van der Waals surface area contributed by atoms with E-state index in [0.717, 1.165) is 24.0 Å². The van der Waals surface area contributed by atoms with Crippen molar-refractivity contribution in [3.8, 4) is 11.1 Å². The summed E-state index contributed by atoms with van der Waals surface area (Å²) in [5.74, 6) is -0.0174. The van der Waals surface area contributed by atoms with E-state index in [1.807, 2.05) is 0 Å². The summed E-state index contributed by atoms with van der Waals surface area (Å²) in [6.45, 7) is 8.22. The van der Waals surface area contributed by atoms with Crippen LogP contribution in [0.5, 0.6) is 0 Å². The molecular weight excluding hydrogens is 352 g/mol. The molecule has 1 unspecified atom stereocenters. The summed E-state index contributed by atoms with van der Waals surface area (Å²) in [5.41, 5.74) is 8.52. The highest BCUT2D eigenvalue weighted by Gasteiger charge is 2.20. The highest BCUT2D eigenvalue weighted by atomic mass is 16.1. The molecule has 0 N–H and O–H groups in total. The van der Waals surface area contributed by atoms with Gasteiger partial charge >= 0.3 is 0 Å². The van der Waals surface area contributed by atoms with Crippen molar-refractivity contribution in [1.82, 2.24) is 0 Å². The minimum atomic E-state index is -0.203. The average molecular weight is 385 g/mol. The van der Waals surface area contributed by atoms with Crippen LogP contribution in [0.15, 0.2) is 66.7 Å². The summed E-state index contributed by atoms with van der Waals surface area (Å²) in [4.78, 5) is 12.5. The monoisotopic (exact) mass is 384 g/mol. The van der Waals surface area contributed by atoms with Crippen molar-refractivity contribution in [2.24, 2.45) is 0 Å². The third kappa shape index (κ3) is 5.03. The lowest BCUT2D eigenvalue weighted by atomic mass is 9.85. The fourth-order valence-corrected chi connectivity index (χ4v) is 4.03. The van der Waals surface area contributed by atoms with Gasteiger partial charge in [0.05, 0.1) is 5.92 Å². The van der Waals surface area contributed by atoms with Crippen LogP contribution in [0, 0.1) is 6.92 Å². The second kappa shape index (κ2) is 9.69. The van der Waals surface area contributed by atoms with E-state index >= 15 is 0 Å². The average Bonchev–Trinajstić information content (AvgIpc) is 2.73. The van der Waals surface area contributed by atoms with E-state index in [-0.39, 0.29) is 11.7 Å². The number of unbranched alkanes of at least 4 members (excludes halogenated alkanes) is 1. The second-order valence-electron chi connectivity index (χ2n) is 8.01. The Hall–Kier alpha value is -2.67. The molecule has 0 fully saturated rings. The van der Waals surface area contributed by atoms with E-state index in [4.69, 9.17) is 0 Å². The number of benzene rings is 3. The maximum Gasteiger partial charge on any atom is 0.141 e. The van der Waals surface area contributed by atoms with Gasteiger partial charge in [-0.25, -0.2) is 0 Å². The minimum Gasteiger partial charge on any atom is -0.299 e. The number of hydrogen-bond acceptors (Lipinski definition) is 1. The van der Waals surface area contributed by atoms with E-state index in [1.54, 1.807) is 6.92 Å². The second-order valence-corrected chi connectivity index (χ2v) is 8.01. The quantitative estimate of drug-likeness (QED) is 0.398. The van der Waals surface area contributed by atoms with E-state index in [2.05, 4.69) is 87.5 Å². The van der Waals surface area contributed by atoms with Gasteiger partial charge in [-0.2, -0.15) is 0 Å². The highest BCUT2D eigenvalue weighted by Crippen LogP contribution is 2.31. The molecule has 0 spiro atoms. The number of aryl methyl sites for hydroxylation is 3. The van der Waals surface area contributed by atoms with Crippen molar-refractivity contribution in [2.75, 3.05) is 0 Å². The van der Waals surface area contributed by atoms with E-state index < -0.39 is 0 Å². The van der Waals surface area contributed by atoms with Crippen LogP contribution in [0.2, 0.25) is 0 Å². The van der Waals surface area contributed by atoms with Gasteiger partial charge in [-0.15, -0.1) is 0 Å².